The molecule has 0 atom stereocenters. The van der Waals surface area contributed by atoms with Gasteiger partial charge in [-0.2, -0.15) is 0 Å². The highest BCUT2D eigenvalue weighted by atomic mass is 16.5. The van der Waals surface area contributed by atoms with E-state index in [1.807, 2.05) is 0 Å². The second kappa shape index (κ2) is 7.01. The highest BCUT2D eigenvalue weighted by Gasteiger charge is 2.28. The summed E-state index contributed by atoms with van der Waals surface area (Å²) in [6, 6.07) is 1.70. The van der Waals surface area contributed by atoms with E-state index >= 15 is 0 Å². The summed E-state index contributed by atoms with van der Waals surface area (Å²) in [7, 11) is 1.58. The van der Waals surface area contributed by atoms with Crippen LogP contribution in [0, 0.1) is 5.92 Å². The number of nitrogens with zero attached hydrogens (tertiary/aromatic N) is 2. The van der Waals surface area contributed by atoms with Crippen LogP contribution in [0.4, 0.5) is 11.6 Å². The zero-order valence-corrected chi connectivity index (χ0v) is 11.5. The molecule has 8 nitrogen and oxygen atoms in total. The predicted molar refractivity (Wildman–Crippen MR) is 74.8 cm³/mol. The largest absolute Gasteiger partial charge is 0.377 e. The van der Waals surface area contributed by atoms with Crippen molar-refractivity contribution < 1.29 is 9.53 Å². The lowest BCUT2D eigenvalue weighted by Crippen LogP contribution is -2.30. The molecule has 1 saturated carbocycles. The molecule has 0 aliphatic heterocycles. The Morgan fingerprint density at radius 1 is 1.40 bits per heavy atom. The molecule has 0 bridgehead atoms. The molecule has 0 unspecified atom stereocenters. The molecule has 0 spiro atoms. The third-order valence-corrected chi connectivity index (χ3v) is 2.87. The van der Waals surface area contributed by atoms with Gasteiger partial charge in [0.1, 0.15) is 18.2 Å². The Labute approximate surface area is 117 Å². The topological polar surface area (TPSA) is 114 Å². The summed E-state index contributed by atoms with van der Waals surface area (Å²) in [5.74, 6) is 7.41. The van der Waals surface area contributed by atoms with Crippen molar-refractivity contribution in [3.63, 3.8) is 0 Å². The number of aromatic nitrogens is 2. The number of hydrogen-bond acceptors (Lipinski definition) is 7. The van der Waals surface area contributed by atoms with Gasteiger partial charge in [0.25, 0.3) is 0 Å². The van der Waals surface area contributed by atoms with Crippen LogP contribution in [-0.2, 0) is 16.1 Å². The van der Waals surface area contributed by atoms with E-state index in [0.29, 0.717) is 37.2 Å². The van der Waals surface area contributed by atoms with Crippen LogP contribution in [0.1, 0.15) is 18.7 Å². The van der Waals surface area contributed by atoms with Crippen LogP contribution in [0.2, 0.25) is 0 Å². The van der Waals surface area contributed by atoms with E-state index in [9.17, 15) is 4.79 Å². The Kier molecular flexibility index (Phi) is 5.08. The number of ether oxygens (including phenoxy) is 1. The highest BCUT2D eigenvalue weighted by molar-refractivity contribution is 5.80. The second-order valence-corrected chi connectivity index (χ2v) is 4.62. The van der Waals surface area contributed by atoms with Gasteiger partial charge in [-0.25, -0.2) is 15.8 Å². The van der Waals surface area contributed by atoms with E-state index in [1.165, 1.54) is 0 Å². The molecule has 0 saturated heterocycles. The van der Waals surface area contributed by atoms with Gasteiger partial charge in [0.15, 0.2) is 5.82 Å². The Bertz CT molecular complexity index is 463. The number of anilines is 2. The standard InChI is InChI=1S/C12H20N6O2/c1-20-7-11-16-9(6-10(17-11)18-13)14-4-5-15-12(19)8-2-3-8/h6,8H,2-5,7,13H2,1H3,(H,15,19)(H2,14,16,17,18). The minimum atomic E-state index is 0.138. The number of rotatable bonds is 8. The van der Waals surface area contributed by atoms with Gasteiger partial charge in [-0.15, -0.1) is 0 Å². The molecule has 1 aromatic heterocycles. The number of amides is 1. The number of carbonyl (C=O) groups excluding carboxylic acids is 1. The van der Waals surface area contributed by atoms with Gasteiger partial charge in [0.05, 0.1) is 0 Å². The maximum Gasteiger partial charge on any atom is 0.223 e. The predicted octanol–water partition coefficient (Wildman–Crippen LogP) is -0.153. The van der Waals surface area contributed by atoms with Crippen LogP contribution in [0.15, 0.2) is 6.07 Å². The molecule has 1 heterocycles. The lowest BCUT2D eigenvalue weighted by molar-refractivity contribution is -0.122. The first-order valence-corrected chi connectivity index (χ1v) is 6.58. The quantitative estimate of drug-likeness (QED) is 0.297. The molecule has 1 fully saturated rings. The van der Waals surface area contributed by atoms with E-state index in [0.717, 1.165) is 12.8 Å². The minimum Gasteiger partial charge on any atom is -0.377 e. The molecule has 0 radical (unpaired) electrons. The second-order valence-electron chi connectivity index (χ2n) is 4.62. The molecule has 2 rings (SSSR count). The monoisotopic (exact) mass is 280 g/mol. The Morgan fingerprint density at radius 2 is 2.15 bits per heavy atom. The maximum atomic E-state index is 11.4. The molecule has 1 aliphatic rings. The fourth-order valence-electron chi connectivity index (χ4n) is 1.72. The van der Waals surface area contributed by atoms with Crippen LogP contribution < -0.4 is 21.9 Å². The first-order chi connectivity index (χ1) is 9.72. The van der Waals surface area contributed by atoms with Crippen LogP contribution in [0.3, 0.4) is 0 Å². The third kappa shape index (κ3) is 4.32. The van der Waals surface area contributed by atoms with Gasteiger partial charge < -0.3 is 20.8 Å². The van der Waals surface area contributed by atoms with Crippen molar-refractivity contribution in [2.45, 2.75) is 19.4 Å². The number of hydrogen-bond donors (Lipinski definition) is 4. The van der Waals surface area contributed by atoms with Crippen molar-refractivity contribution in [1.29, 1.82) is 0 Å². The van der Waals surface area contributed by atoms with E-state index < -0.39 is 0 Å². The summed E-state index contributed by atoms with van der Waals surface area (Å²) < 4.78 is 4.99. The van der Waals surface area contributed by atoms with Crippen LogP contribution in [0.25, 0.3) is 0 Å². The SMILES string of the molecule is COCc1nc(NN)cc(NCCNC(=O)C2CC2)n1. The van der Waals surface area contributed by atoms with E-state index in [1.54, 1.807) is 13.2 Å². The Balaban J connectivity index is 1.81. The average molecular weight is 280 g/mol. The van der Waals surface area contributed by atoms with Gasteiger partial charge in [-0.3, -0.25) is 4.79 Å². The fourth-order valence-corrected chi connectivity index (χ4v) is 1.72. The van der Waals surface area contributed by atoms with Crippen LogP contribution in [0.5, 0.6) is 0 Å². The van der Waals surface area contributed by atoms with Gasteiger partial charge in [0, 0.05) is 32.2 Å². The average Bonchev–Trinajstić information content (AvgIpc) is 3.28. The summed E-state index contributed by atoms with van der Waals surface area (Å²) >= 11 is 0. The van der Waals surface area contributed by atoms with Gasteiger partial charge >= 0.3 is 0 Å². The number of nitrogens with two attached hydrogens (primary N) is 1. The van der Waals surface area contributed by atoms with Crippen molar-refractivity contribution in [1.82, 2.24) is 15.3 Å². The maximum absolute atomic E-state index is 11.4. The number of nitrogens with one attached hydrogen (secondary N) is 3. The van der Waals surface area contributed by atoms with Crippen molar-refractivity contribution in [3.05, 3.63) is 11.9 Å². The zero-order chi connectivity index (χ0) is 14.4. The molecule has 8 heteroatoms. The normalized spacial score (nSPS) is 13.9. The summed E-state index contributed by atoms with van der Waals surface area (Å²) in [5.41, 5.74) is 2.48. The highest BCUT2D eigenvalue weighted by Crippen LogP contribution is 2.28. The molecule has 5 N–H and O–H groups in total. The molecule has 0 aromatic carbocycles. The van der Waals surface area contributed by atoms with E-state index in [4.69, 9.17) is 10.6 Å². The number of hydrazine groups is 1. The molecule has 1 aromatic rings. The van der Waals surface area contributed by atoms with Crippen LogP contribution in [-0.4, -0.2) is 36.1 Å². The molecule has 20 heavy (non-hydrogen) atoms. The molecular weight excluding hydrogens is 260 g/mol. The fraction of sp³-hybridized carbons (Fsp3) is 0.583. The van der Waals surface area contributed by atoms with Crippen LogP contribution >= 0.6 is 0 Å². The molecule has 1 amide bonds. The number of nitrogen functional groups attached to an aromatic ring is 1. The zero-order valence-electron chi connectivity index (χ0n) is 11.5. The first-order valence-electron chi connectivity index (χ1n) is 6.58. The van der Waals surface area contributed by atoms with Crippen molar-refractivity contribution >= 4 is 17.5 Å². The van der Waals surface area contributed by atoms with Crippen molar-refractivity contribution in [2.75, 3.05) is 30.9 Å². The van der Waals surface area contributed by atoms with Crippen molar-refractivity contribution in [2.24, 2.45) is 11.8 Å². The first kappa shape index (κ1) is 14.5. The summed E-state index contributed by atoms with van der Waals surface area (Å²) in [4.78, 5) is 19.9. The van der Waals surface area contributed by atoms with Gasteiger partial charge in [-0.1, -0.05) is 0 Å². The van der Waals surface area contributed by atoms with Gasteiger partial charge in [0.2, 0.25) is 5.91 Å². The minimum absolute atomic E-state index is 0.138. The summed E-state index contributed by atoms with van der Waals surface area (Å²) in [6.07, 6.45) is 2.02. The van der Waals surface area contributed by atoms with E-state index in [-0.39, 0.29) is 11.8 Å². The summed E-state index contributed by atoms with van der Waals surface area (Å²) in [5, 5.41) is 5.99. The van der Waals surface area contributed by atoms with Gasteiger partial charge in [-0.05, 0) is 12.8 Å². The lowest BCUT2D eigenvalue weighted by atomic mass is 10.4. The molecule has 110 valence electrons. The third-order valence-electron chi connectivity index (χ3n) is 2.87. The van der Waals surface area contributed by atoms with E-state index in [2.05, 4.69) is 26.0 Å². The van der Waals surface area contributed by atoms with Crippen molar-refractivity contribution in [3.8, 4) is 0 Å². The Morgan fingerprint density at radius 3 is 2.80 bits per heavy atom. The number of methoxy groups -OCH3 is 1. The molecule has 1 aliphatic carbocycles. The lowest BCUT2D eigenvalue weighted by Gasteiger charge is -2.10. The summed E-state index contributed by atoms with van der Waals surface area (Å²) in [6.45, 7) is 1.46. The smallest absolute Gasteiger partial charge is 0.223 e. The molecular formula is C12H20N6O2. The Hall–Kier alpha value is -1.93. The number of carbonyl (C=O) groups is 1.